The minimum absolute atomic E-state index is 0.666. The molecule has 1 fully saturated rings. The van der Waals surface area contributed by atoms with Crippen LogP contribution in [0.5, 0.6) is 0 Å². The minimum Gasteiger partial charge on any atom is -0.355 e. The Balaban J connectivity index is 1.97. The third-order valence-corrected chi connectivity index (χ3v) is 3.92. The number of nitrogens with one attached hydrogen (secondary N) is 2. The van der Waals surface area contributed by atoms with Crippen LogP contribution in [0.4, 0.5) is 11.8 Å². The maximum absolute atomic E-state index is 4.69. The highest BCUT2D eigenvalue weighted by Gasteiger charge is 2.19. The van der Waals surface area contributed by atoms with E-state index in [4.69, 9.17) is 0 Å². The van der Waals surface area contributed by atoms with E-state index >= 15 is 0 Å². The minimum atomic E-state index is 0.666. The lowest BCUT2D eigenvalue weighted by atomic mass is 10.0. The molecule has 0 spiro atoms. The number of aromatic amines is 1. The molecule has 2 aromatic rings. The summed E-state index contributed by atoms with van der Waals surface area (Å²) in [6.07, 6.45) is 5.43. The van der Waals surface area contributed by atoms with E-state index in [0.717, 1.165) is 42.5 Å². The maximum atomic E-state index is 4.69. The molecule has 1 aliphatic heterocycles. The van der Waals surface area contributed by atoms with Crippen LogP contribution in [0, 0.1) is 5.92 Å². The van der Waals surface area contributed by atoms with E-state index in [9.17, 15) is 0 Å². The second-order valence-corrected chi connectivity index (χ2v) is 5.53. The van der Waals surface area contributed by atoms with Crippen LogP contribution < -0.4 is 10.2 Å². The highest BCUT2D eigenvalue weighted by atomic mass is 15.2. The lowest BCUT2D eigenvalue weighted by molar-refractivity contribution is 0.521. The van der Waals surface area contributed by atoms with Gasteiger partial charge in [-0.05, 0) is 32.1 Å². The molecule has 6 nitrogen and oxygen atoms in total. The number of aromatic nitrogens is 4. The Morgan fingerprint density at radius 3 is 3.10 bits per heavy atom. The third kappa shape index (κ3) is 2.55. The Morgan fingerprint density at radius 2 is 2.25 bits per heavy atom. The molecule has 0 radical (unpaired) electrons. The molecule has 1 atom stereocenters. The van der Waals surface area contributed by atoms with Crippen LogP contribution in [0.25, 0.3) is 11.2 Å². The number of hydrogen-bond acceptors (Lipinski definition) is 5. The largest absolute Gasteiger partial charge is 0.355 e. The van der Waals surface area contributed by atoms with Gasteiger partial charge in [-0.3, -0.25) is 0 Å². The molecule has 1 unspecified atom stereocenters. The maximum Gasteiger partial charge on any atom is 0.226 e. The molecule has 0 saturated carbocycles. The number of nitrogens with zero attached hydrogens (tertiary/aromatic N) is 4. The van der Waals surface area contributed by atoms with Gasteiger partial charge >= 0.3 is 0 Å². The number of hydrogen-bond donors (Lipinski definition) is 2. The van der Waals surface area contributed by atoms with Crippen molar-refractivity contribution >= 4 is 22.9 Å². The van der Waals surface area contributed by atoms with Crippen molar-refractivity contribution in [3.05, 3.63) is 6.33 Å². The first-order valence-electron chi connectivity index (χ1n) is 7.48. The summed E-state index contributed by atoms with van der Waals surface area (Å²) in [4.78, 5) is 18.9. The van der Waals surface area contributed by atoms with Gasteiger partial charge in [-0.1, -0.05) is 6.92 Å². The Labute approximate surface area is 119 Å². The summed E-state index contributed by atoms with van der Waals surface area (Å²) in [6, 6.07) is 0. The van der Waals surface area contributed by atoms with Crippen molar-refractivity contribution in [2.75, 3.05) is 29.9 Å². The van der Waals surface area contributed by atoms with Crippen LogP contribution in [-0.4, -0.2) is 39.6 Å². The van der Waals surface area contributed by atoms with Gasteiger partial charge in [-0.25, -0.2) is 4.98 Å². The fourth-order valence-corrected chi connectivity index (χ4v) is 2.76. The first-order valence-corrected chi connectivity index (χ1v) is 7.48. The molecule has 20 heavy (non-hydrogen) atoms. The summed E-state index contributed by atoms with van der Waals surface area (Å²) >= 11 is 0. The summed E-state index contributed by atoms with van der Waals surface area (Å²) in [5.41, 5.74) is 1.68. The Bertz CT molecular complexity index is 578. The normalized spacial score (nSPS) is 20.1. The Hall–Kier alpha value is -1.85. The molecule has 0 aromatic carbocycles. The van der Waals surface area contributed by atoms with Gasteiger partial charge in [0.25, 0.3) is 0 Å². The Kier molecular flexibility index (Phi) is 3.71. The zero-order valence-corrected chi connectivity index (χ0v) is 12.2. The summed E-state index contributed by atoms with van der Waals surface area (Å²) in [5, 5.41) is 3.19. The molecule has 3 rings (SSSR count). The highest BCUT2D eigenvalue weighted by Crippen LogP contribution is 2.26. The van der Waals surface area contributed by atoms with E-state index in [2.05, 4.69) is 37.1 Å². The first-order chi connectivity index (χ1) is 9.78. The van der Waals surface area contributed by atoms with Gasteiger partial charge in [0.1, 0.15) is 5.52 Å². The average molecular weight is 274 g/mol. The lowest BCUT2D eigenvalue weighted by Gasteiger charge is -2.22. The number of rotatable bonds is 3. The fourth-order valence-electron chi connectivity index (χ4n) is 2.76. The lowest BCUT2D eigenvalue weighted by Crippen LogP contribution is -2.26. The first kappa shape index (κ1) is 13.1. The quantitative estimate of drug-likeness (QED) is 0.899. The molecular formula is C14H22N6. The van der Waals surface area contributed by atoms with Gasteiger partial charge in [0, 0.05) is 19.6 Å². The van der Waals surface area contributed by atoms with E-state index in [0.29, 0.717) is 5.95 Å². The van der Waals surface area contributed by atoms with E-state index < -0.39 is 0 Å². The van der Waals surface area contributed by atoms with Crippen molar-refractivity contribution in [3.8, 4) is 0 Å². The van der Waals surface area contributed by atoms with E-state index in [1.165, 1.54) is 19.3 Å². The van der Waals surface area contributed by atoms with Gasteiger partial charge in [0.2, 0.25) is 5.95 Å². The van der Waals surface area contributed by atoms with Crippen molar-refractivity contribution in [3.63, 3.8) is 0 Å². The monoisotopic (exact) mass is 274 g/mol. The van der Waals surface area contributed by atoms with E-state index in [1.807, 2.05) is 6.92 Å². The van der Waals surface area contributed by atoms with Crippen LogP contribution in [0.15, 0.2) is 6.33 Å². The van der Waals surface area contributed by atoms with Gasteiger partial charge in [-0.15, -0.1) is 0 Å². The van der Waals surface area contributed by atoms with E-state index in [1.54, 1.807) is 6.33 Å². The predicted octanol–water partition coefficient (Wildman–Crippen LogP) is 2.41. The topological polar surface area (TPSA) is 69.7 Å². The molecule has 0 bridgehead atoms. The number of imidazole rings is 1. The summed E-state index contributed by atoms with van der Waals surface area (Å²) in [5.74, 6) is 2.45. The number of H-pyrrole nitrogens is 1. The molecular weight excluding hydrogens is 252 g/mol. The van der Waals surface area contributed by atoms with Crippen molar-refractivity contribution in [2.45, 2.75) is 33.1 Å². The van der Waals surface area contributed by atoms with Gasteiger partial charge in [-0.2, -0.15) is 9.97 Å². The summed E-state index contributed by atoms with van der Waals surface area (Å²) < 4.78 is 0. The van der Waals surface area contributed by atoms with Crippen molar-refractivity contribution in [1.82, 2.24) is 19.9 Å². The van der Waals surface area contributed by atoms with Crippen LogP contribution in [0.3, 0.4) is 0 Å². The molecule has 1 aliphatic rings. The van der Waals surface area contributed by atoms with Crippen molar-refractivity contribution in [1.29, 1.82) is 0 Å². The van der Waals surface area contributed by atoms with Gasteiger partial charge < -0.3 is 15.2 Å². The molecule has 108 valence electrons. The number of anilines is 2. The van der Waals surface area contributed by atoms with Crippen molar-refractivity contribution < 1.29 is 0 Å². The second kappa shape index (κ2) is 5.64. The smallest absolute Gasteiger partial charge is 0.226 e. The fraction of sp³-hybridized carbons (Fsp3) is 0.643. The molecule has 2 N–H and O–H groups in total. The van der Waals surface area contributed by atoms with E-state index in [-0.39, 0.29) is 0 Å². The SMILES string of the molecule is CCNc1nc(N2CCCC(C)CC2)c2[nH]cnc2n1. The standard InChI is InChI=1S/C14H22N6/c1-3-15-14-18-12-11(16-9-17-12)13(19-14)20-7-4-5-10(2)6-8-20/h9-10H,3-8H2,1-2H3,(H2,15,16,17,18,19). The van der Waals surface area contributed by atoms with Gasteiger partial charge in [0.15, 0.2) is 11.5 Å². The van der Waals surface area contributed by atoms with Gasteiger partial charge in [0.05, 0.1) is 6.33 Å². The van der Waals surface area contributed by atoms with Crippen LogP contribution in [-0.2, 0) is 0 Å². The molecule has 0 amide bonds. The molecule has 2 aromatic heterocycles. The summed E-state index contributed by atoms with van der Waals surface area (Å²) in [6.45, 7) is 7.30. The van der Waals surface area contributed by atoms with Crippen LogP contribution >= 0.6 is 0 Å². The zero-order chi connectivity index (χ0) is 13.9. The van der Waals surface area contributed by atoms with Crippen LogP contribution in [0.1, 0.15) is 33.1 Å². The van der Waals surface area contributed by atoms with Crippen molar-refractivity contribution in [2.24, 2.45) is 5.92 Å². The molecule has 6 heteroatoms. The highest BCUT2D eigenvalue weighted by molar-refractivity contribution is 5.84. The molecule has 3 heterocycles. The number of fused-ring (bicyclic) bond motifs is 1. The zero-order valence-electron chi connectivity index (χ0n) is 12.2. The second-order valence-electron chi connectivity index (χ2n) is 5.53. The molecule has 1 saturated heterocycles. The Morgan fingerprint density at radius 1 is 1.35 bits per heavy atom. The van der Waals surface area contributed by atoms with Crippen LogP contribution in [0.2, 0.25) is 0 Å². The molecule has 0 aliphatic carbocycles. The predicted molar refractivity (Wildman–Crippen MR) is 81.1 cm³/mol. The third-order valence-electron chi connectivity index (χ3n) is 3.92. The average Bonchev–Trinajstić information content (AvgIpc) is 2.80. The summed E-state index contributed by atoms with van der Waals surface area (Å²) in [7, 11) is 0.